The molecule has 5 rings (SSSR count). The minimum absolute atomic E-state index is 0.00357. The van der Waals surface area contributed by atoms with E-state index in [0.717, 1.165) is 16.2 Å². The van der Waals surface area contributed by atoms with Crippen LogP contribution in [0.4, 0.5) is 14.7 Å². The number of amides is 6. The Balaban J connectivity index is 1.44. The highest BCUT2D eigenvalue weighted by Gasteiger charge is 2.57. The highest BCUT2D eigenvalue weighted by Crippen LogP contribution is 2.50. The number of alkyl carbamates (subject to hydrolysis) is 1. The zero-order valence-corrected chi connectivity index (χ0v) is 35.9. The third-order valence-electron chi connectivity index (χ3n) is 11.1. The fourth-order valence-corrected chi connectivity index (χ4v) is 8.46. The van der Waals surface area contributed by atoms with Crippen LogP contribution in [-0.2, 0) is 34.9 Å². The van der Waals surface area contributed by atoms with Gasteiger partial charge in [-0.1, -0.05) is 32.9 Å². The molecule has 0 spiro atoms. The molecule has 3 aliphatic rings. The number of nitrogens with one attached hydrogen (secondary N) is 4. The molecule has 0 bridgehead atoms. The lowest BCUT2D eigenvalue weighted by molar-refractivity contribution is -0.153. The zero-order chi connectivity index (χ0) is 43.4. The van der Waals surface area contributed by atoms with Gasteiger partial charge in [-0.2, -0.15) is 0 Å². The monoisotopic (exact) mass is 841 g/mol. The molecule has 18 nitrogen and oxygen atoms in total. The number of hydrogen-bond donors (Lipinski definition) is 5. The summed E-state index contributed by atoms with van der Waals surface area (Å²) in [7, 11) is 0.357. The minimum Gasteiger partial charge on any atom is -0.496 e. The number of urea groups is 1. The van der Waals surface area contributed by atoms with Gasteiger partial charge in [-0.3, -0.25) is 19.3 Å². The molecule has 6 amide bonds. The van der Waals surface area contributed by atoms with Crippen LogP contribution < -0.4 is 26.0 Å². The van der Waals surface area contributed by atoms with Crippen molar-refractivity contribution in [2.75, 3.05) is 45.2 Å². The fourth-order valence-electron chi connectivity index (χ4n) is 7.70. The Kier molecular flexibility index (Phi) is 13.9. The van der Waals surface area contributed by atoms with Gasteiger partial charge >= 0.3 is 37.0 Å². The molecule has 2 aromatic rings. The van der Waals surface area contributed by atoms with E-state index in [1.807, 2.05) is 6.92 Å². The first-order chi connectivity index (χ1) is 27.7. The SMILES string of the molecule is CCN1CCN(C(=O)NC(C(=O)N[C@@H](Cc2cccc(C(=O)O)c2OC)B2O[C@@H]3C[C@H](C)C(C)(C)C[C@]3(C)O2)c2csc(NCCNC(=O)OC(C)(C)C)n2)C(=O)C1=O. The first kappa shape index (κ1) is 45.1. The van der Waals surface area contributed by atoms with Gasteiger partial charge in [0, 0.05) is 38.1 Å². The van der Waals surface area contributed by atoms with E-state index in [1.54, 1.807) is 45.2 Å². The Hall–Kier alpha value is -4.95. The van der Waals surface area contributed by atoms with Crippen LogP contribution in [-0.4, -0.2) is 126 Å². The van der Waals surface area contributed by atoms with Gasteiger partial charge in [0.1, 0.15) is 16.9 Å². The standard InChI is InChI=1S/C39H56BN7O11S/c1-10-46-16-17-47(32(50)31(46)49)35(53)45-28(25-20-59-34(43-25)41-14-15-42-36(54)56-37(3,4)5)30(48)44-27(19-23-12-11-13-24(33(51)52)29(23)55-9)40-57-26-18-22(2)38(6,7)21-39(26,8)58-40/h11-13,20,22,26-28H,10,14-19,21H2,1-9H3,(H,41,43)(H,42,54)(H,44,48)(H,45,53)(H,51,52)/t22-,26+,27-,28?,39-/m0/s1. The molecule has 3 fully saturated rings. The van der Waals surface area contributed by atoms with Crippen molar-refractivity contribution in [3.8, 4) is 5.75 Å². The predicted octanol–water partition coefficient (Wildman–Crippen LogP) is 3.61. The molecular formula is C39H56BN7O11S. The number of methoxy groups -OCH3 is 1. The molecule has 3 heterocycles. The quantitative estimate of drug-likeness (QED) is 0.104. The molecule has 1 aromatic carbocycles. The van der Waals surface area contributed by atoms with E-state index in [-0.39, 0.29) is 67.7 Å². The van der Waals surface area contributed by atoms with Gasteiger partial charge in [-0.05, 0) is 76.8 Å². The highest BCUT2D eigenvalue weighted by atomic mass is 32.1. The Bertz CT molecular complexity index is 1920. The summed E-state index contributed by atoms with van der Waals surface area (Å²) in [5, 5.41) is 23.2. The number of carboxylic acid groups (broad SMARTS) is 1. The van der Waals surface area contributed by atoms with Gasteiger partial charge in [0.15, 0.2) is 11.2 Å². The molecule has 59 heavy (non-hydrogen) atoms. The molecule has 2 aliphatic heterocycles. The second-order valence-corrected chi connectivity index (χ2v) is 17.9. The maximum Gasteiger partial charge on any atom is 0.482 e. The van der Waals surface area contributed by atoms with Crippen LogP contribution in [0.3, 0.4) is 0 Å². The van der Waals surface area contributed by atoms with Crippen molar-refractivity contribution in [2.24, 2.45) is 11.3 Å². The number of aromatic carboxylic acids is 1. The largest absolute Gasteiger partial charge is 0.496 e. The molecule has 5 atom stereocenters. The van der Waals surface area contributed by atoms with Crippen LogP contribution in [0.5, 0.6) is 5.75 Å². The van der Waals surface area contributed by atoms with Crippen molar-refractivity contribution in [3.05, 3.63) is 40.4 Å². The predicted molar refractivity (Wildman–Crippen MR) is 218 cm³/mol. The van der Waals surface area contributed by atoms with E-state index < -0.39 is 66.1 Å². The highest BCUT2D eigenvalue weighted by molar-refractivity contribution is 7.13. The average Bonchev–Trinajstić information content (AvgIpc) is 3.75. The smallest absolute Gasteiger partial charge is 0.482 e. The topological polar surface area (TPSA) is 227 Å². The Labute approximate surface area is 348 Å². The number of hydrogen-bond acceptors (Lipinski definition) is 13. The van der Waals surface area contributed by atoms with Crippen molar-refractivity contribution in [1.29, 1.82) is 0 Å². The van der Waals surface area contributed by atoms with Crippen molar-refractivity contribution in [2.45, 2.75) is 104 Å². The molecule has 1 saturated carbocycles. The van der Waals surface area contributed by atoms with E-state index in [9.17, 15) is 33.9 Å². The van der Waals surface area contributed by atoms with E-state index >= 15 is 0 Å². The Morgan fingerprint density at radius 3 is 2.49 bits per heavy atom. The third-order valence-corrected chi connectivity index (χ3v) is 11.9. The van der Waals surface area contributed by atoms with Crippen LogP contribution in [0.2, 0.25) is 0 Å². The van der Waals surface area contributed by atoms with Crippen LogP contribution in [0.1, 0.15) is 95.9 Å². The Morgan fingerprint density at radius 2 is 1.83 bits per heavy atom. The zero-order valence-electron chi connectivity index (χ0n) is 35.1. The molecule has 20 heteroatoms. The summed E-state index contributed by atoms with van der Waals surface area (Å²) in [6.45, 7) is 16.3. The van der Waals surface area contributed by atoms with Crippen molar-refractivity contribution in [1.82, 2.24) is 30.7 Å². The number of benzene rings is 1. The maximum absolute atomic E-state index is 14.6. The molecule has 2 saturated heterocycles. The summed E-state index contributed by atoms with van der Waals surface area (Å²) < 4.78 is 24.1. The summed E-state index contributed by atoms with van der Waals surface area (Å²) >= 11 is 1.14. The van der Waals surface area contributed by atoms with Gasteiger partial charge < -0.3 is 50.1 Å². The summed E-state index contributed by atoms with van der Waals surface area (Å²) in [5.41, 5.74) is -0.944. The number of likely N-dealkylation sites (N-methyl/N-ethyl adjacent to an activating group) is 1. The second kappa shape index (κ2) is 18.1. The number of carbonyl (C=O) groups excluding carboxylic acids is 5. The number of ether oxygens (including phenoxy) is 2. The lowest BCUT2D eigenvalue weighted by Crippen LogP contribution is -2.59. The number of para-hydroxylation sites is 1. The lowest BCUT2D eigenvalue weighted by Gasteiger charge is -2.47. The maximum atomic E-state index is 14.6. The first-order valence-corrected chi connectivity index (χ1v) is 20.6. The van der Waals surface area contributed by atoms with E-state index in [4.69, 9.17) is 18.8 Å². The molecule has 5 N–H and O–H groups in total. The van der Waals surface area contributed by atoms with Crippen molar-refractivity contribution in [3.63, 3.8) is 0 Å². The third kappa shape index (κ3) is 10.6. The van der Waals surface area contributed by atoms with Crippen LogP contribution in [0, 0.1) is 11.3 Å². The number of imide groups is 1. The molecule has 1 aromatic heterocycles. The average molecular weight is 842 g/mol. The van der Waals surface area contributed by atoms with Gasteiger partial charge in [0.25, 0.3) is 0 Å². The second-order valence-electron chi connectivity index (χ2n) is 17.0. The van der Waals surface area contributed by atoms with Gasteiger partial charge in [0.2, 0.25) is 5.91 Å². The molecule has 0 radical (unpaired) electrons. The molecular weight excluding hydrogens is 785 g/mol. The van der Waals surface area contributed by atoms with Crippen molar-refractivity contribution < 1.29 is 52.7 Å². The van der Waals surface area contributed by atoms with Gasteiger partial charge in [-0.25, -0.2) is 19.4 Å². The minimum atomic E-state index is -1.49. The molecule has 1 aliphatic carbocycles. The van der Waals surface area contributed by atoms with Crippen LogP contribution >= 0.6 is 11.3 Å². The van der Waals surface area contributed by atoms with Gasteiger partial charge in [-0.15, -0.1) is 11.3 Å². The number of piperazine rings is 1. The van der Waals surface area contributed by atoms with Crippen LogP contribution in [0.25, 0.3) is 0 Å². The van der Waals surface area contributed by atoms with E-state index in [2.05, 4.69) is 47.0 Å². The summed E-state index contributed by atoms with van der Waals surface area (Å²) in [5.74, 6) is -4.35. The van der Waals surface area contributed by atoms with Crippen molar-refractivity contribution >= 4 is 59.4 Å². The number of anilines is 1. The first-order valence-electron chi connectivity index (χ1n) is 19.8. The number of carbonyl (C=O) groups is 6. The van der Waals surface area contributed by atoms with Gasteiger partial charge in [0.05, 0.1) is 30.4 Å². The van der Waals surface area contributed by atoms with E-state index in [1.165, 1.54) is 18.1 Å². The number of carboxylic acids is 1. The number of nitrogens with zero attached hydrogens (tertiary/aromatic N) is 3. The lowest BCUT2D eigenvalue weighted by atomic mass is 9.63. The normalized spacial score (nSPS) is 22.6. The Morgan fingerprint density at radius 1 is 1.10 bits per heavy atom. The number of rotatable bonds is 14. The molecule has 1 unspecified atom stereocenters. The summed E-state index contributed by atoms with van der Waals surface area (Å²) in [6, 6.07) is 2.22. The summed E-state index contributed by atoms with van der Waals surface area (Å²) in [4.78, 5) is 85.1. The molecule has 322 valence electrons. The van der Waals surface area contributed by atoms with E-state index in [0.29, 0.717) is 29.5 Å². The van der Waals surface area contributed by atoms with Crippen LogP contribution in [0.15, 0.2) is 23.6 Å². The number of aromatic nitrogens is 1. The number of fused-ring (bicyclic) bond motifs is 1. The summed E-state index contributed by atoms with van der Waals surface area (Å²) in [6.07, 6.45) is 0.495. The fraction of sp³-hybridized carbons (Fsp3) is 0.615. The number of thiazole rings is 1.